The van der Waals surface area contributed by atoms with Crippen molar-refractivity contribution in [2.75, 3.05) is 0 Å². The van der Waals surface area contributed by atoms with Crippen LogP contribution in [0.3, 0.4) is 0 Å². The minimum absolute atomic E-state index is 0.600. The maximum Gasteiger partial charge on any atom is 0.0871 e. The molecule has 2 atom stereocenters. The zero-order valence-corrected chi connectivity index (χ0v) is 16.5. The highest BCUT2D eigenvalue weighted by atomic mass is 32.2. The van der Waals surface area contributed by atoms with Crippen molar-refractivity contribution >= 4 is 10.8 Å². The average molecular weight is 374 g/mol. The van der Waals surface area contributed by atoms with Crippen LogP contribution >= 0.6 is 0 Å². The molecule has 136 valence electrons. The van der Waals surface area contributed by atoms with Crippen molar-refractivity contribution in [2.45, 2.75) is 41.9 Å². The second kappa shape index (κ2) is 8.33. The van der Waals surface area contributed by atoms with E-state index in [2.05, 4.69) is 6.07 Å². The van der Waals surface area contributed by atoms with Crippen LogP contribution in [0.1, 0.15) is 30.0 Å². The molecule has 3 heteroatoms. The third kappa shape index (κ3) is 4.02. The Labute approximate surface area is 164 Å². The highest BCUT2D eigenvalue weighted by molar-refractivity contribution is 7.85. The molecule has 0 spiro atoms. The first-order chi connectivity index (χ1) is 13.1. The van der Waals surface area contributed by atoms with Gasteiger partial charge in [-0.3, -0.25) is 0 Å². The van der Waals surface area contributed by atoms with E-state index in [1.807, 2.05) is 92.7 Å². The molecule has 0 bridgehead atoms. The Morgan fingerprint density at radius 2 is 1.56 bits per heavy atom. The van der Waals surface area contributed by atoms with Crippen LogP contribution in [-0.4, -0.2) is 4.21 Å². The topological polar surface area (TPSA) is 40.9 Å². The molecule has 0 aliphatic rings. The first-order valence-electron chi connectivity index (χ1n) is 9.13. The van der Waals surface area contributed by atoms with Gasteiger partial charge in [0.25, 0.3) is 0 Å². The molecular weight excluding hydrogens is 350 g/mol. The van der Waals surface area contributed by atoms with Crippen LogP contribution in [0.25, 0.3) is 0 Å². The molecule has 27 heavy (non-hydrogen) atoms. The Morgan fingerprint density at radius 1 is 0.926 bits per heavy atom. The molecule has 0 heterocycles. The minimum atomic E-state index is -1.33. The standard InChI is InChI=1S/C24H23NOS/c1-3-24(18-25,17-20-9-5-4-6-10-20)22-11-7-8-12-23(22)27(26)21-15-13-19(2)14-16-21/h4-16H,3,17H2,1-2H3/t24-,27?/m1/s1. The molecule has 2 nitrogen and oxygen atoms in total. The summed E-state index contributed by atoms with van der Waals surface area (Å²) >= 11 is 0. The van der Waals surface area contributed by atoms with Gasteiger partial charge in [-0.15, -0.1) is 0 Å². The zero-order chi connectivity index (χ0) is 19.3. The van der Waals surface area contributed by atoms with Gasteiger partial charge in [0.15, 0.2) is 0 Å². The fraction of sp³-hybridized carbons (Fsp3) is 0.208. The molecule has 0 amide bonds. The van der Waals surface area contributed by atoms with Crippen LogP contribution in [0.4, 0.5) is 0 Å². The lowest BCUT2D eigenvalue weighted by atomic mass is 9.75. The van der Waals surface area contributed by atoms with E-state index >= 15 is 0 Å². The van der Waals surface area contributed by atoms with Gasteiger partial charge in [-0.1, -0.05) is 73.2 Å². The van der Waals surface area contributed by atoms with Crippen LogP contribution in [0.15, 0.2) is 88.7 Å². The summed E-state index contributed by atoms with van der Waals surface area (Å²) in [5.41, 5.74) is 2.39. The summed E-state index contributed by atoms with van der Waals surface area (Å²) in [6.45, 7) is 4.04. The van der Waals surface area contributed by atoms with E-state index in [0.717, 1.165) is 26.5 Å². The highest BCUT2D eigenvalue weighted by Crippen LogP contribution is 2.36. The Morgan fingerprint density at radius 3 is 2.19 bits per heavy atom. The van der Waals surface area contributed by atoms with Gasteiger partial charge in [-0.05, 0) is 49.1 Å². The van der Waals surface area contributed by atoms with Crippen molar-refractivity contribution in [3.8, 4) is 6.07 Å². The Balaban J connectivity index is 2.08. The Kier molecular flexibility index (Phi) is 5.88. The van der Waals surface area contributed by atoms with E-state index in [9.17, 15) is 9.47 Å². The van der Waals surface area contributed by atoms with Gasteiger partial charge in [0.2, 0.25) is 0 Å². The van der Waals surface area contributed by atoms with Crippen molar-refractivity contribution in [1.29, 1.82) is 5.26 Å². The fourth-order valence-electron chi connectivity index (χ4n) is 3.35. The molecule has 3 aromatic rings. The SMILES string of the molecule is CC[C@](C#N)(Cc1ccccc1)c1ccccc1S(=O)c1ccc(C)cc1. The van der Waals surface area contributed by atoms with E-state index in [4.69, 9.17) is 0 Å². The summed E-state index contributed by atoms with van der Waals surface area (Å²) < 4.78 is 13.3. The molecule has 0 aromatic heterocycles. The average Bonchev–Trinajstić information content (AvgIpc) is 2.73. The number of benzene rings is 3. The Hall–Kier alpha value is -2.70. The van der Waals surface area contributed by atoms with Crippen molar-refractivity contribution in [3.63, 3.8) is 0 Å². The third-order valence-corrected chi connectivity index (χ3v) is 6.46. The van der Waals surface area contributed by atoms with Crippen LogP contribution in [0.5, 0.6) is 0 Å². The molecule has 0 radical (unpaired) electrons. The summed E-state index contributed by atoms with van der Waals surface area (Å²) in [4.78, 5) is 1.48. The number of hydrogen-bond donors (Lipinski definition) is 0. The number of aryl methyl sites for hydroxylation is 1. The van der Waals surface area contributed by atoms with Gasteiger partial charge < -0.3 is 0 Å². The number of nitriles is 1. The number of nitrogens with zero attached hydrogens (tertiary/aromatic N) is 1. The van der Waals surface area contributed by atoms with Gasteiger partial charge in [0.05, 0.1) is 22.3 Å². The molecule has 0 N–H and O–H groups in total. The predicted molar refractivity (Wildman–Crippen MR) is 110 cm³/mol. The summed E-state index contributed by atoms with van der Waals surface area (Å²) in [6, 6.07) is 28.0. The second-order valence-electron chi connectivity index (χ2n) is 6.79. The minimum Gasteiger partial charge on any atom is -0.249 e. The van der Waals surface area contributed by atoms with Crippen molar-refractivity contribution in [2.24, 2.45) is 0 Å². The number of hydrogen-bond acceptors (Lipinski definition) is 2. The zero-order valence-electron chi connectivity index (χ0n) is 15.7. The molecule has 0 aliphatic heterocycles. The van der Waals surface area contributed by atoms with Crippen LogP contribution < -0.4 is 0 Å². The van der Waals surface area contributed by atoms with Crippen molar-refractivity contribution in [1.82, 2.24) is 0 Å². The van der Waals surface area contributed by atoms with Crippen LogP contribution in [0.2, 0.25) is 0 Å². The quantitative estimate of drug-likeness (QED) is 0.566. The van der Waals surface area contributed by atoms with Crippen molar-refractivity contribution in [3.05, 3.63) is 95.6 Å². The summed E-state index contributed by atoms with van der Waals surface area (Å²) in [6.07, 6.45) is 1.25. The normalized spacial score (nSPS) is 14.1. The smallest absolute Gasteiger partial charge is 0.0871 e. The van der Waals surface area contributed by atoms with E-state index < -0.39 is 16.2 Å². The molecular formula is C24H23NOS. The maximum atomic E-state index is 13.3. The summed E-state index contributed by atoms with van der Waals surface area (Å²) in [5, 5.41) is 10.2. The fourth-order valence-corrected chi connectivity index (χ4v) is 4.65. The summed E-state index contributed by atoms with van der Waals surface area (Å²) in [5.74, 6) is 0. The van der Waals surface area contributed by atoms with Gasteiger partial charge in [-0.2, -0.15) is 5.26 Å². The maximum absolute atomic E-state index is 13.3. The molecule has 0 saturated heterocycles. The van der Waals surface area contributed by atoms with E-state index in [-0.39, 0.29) is 0 Å². The van der Waals surface area contributed by atoms with Crippen molar-refractivity contribution < 1.29 is 4.21 Å². The monoisotopic (exact) mass is 373 g/mol. The first-order valence-corrected chi connectivity index (χ1v) is 10.3. The third-order valence-electron chi connectivity index (χ3n) is 5.00. The van der Waals surface area contributed by atoms with Gasteiger partial charge >= 0.3 is 0 Å². The highest BCUT2D eigenvalue weighted by Gasteiger charge is 2.34. The van der Waals surface area contributed by atoms with Gasteiger partial charge in [0, 0.05) is 9.79 Å². The van der Waals surface area contributed by atoms with E-state index in [0.29, 0.717) is 12.8 Å². The predicted octanol–water partition coefficient (Wildman–Crippen LogP) is 5.58. The largest absolute Gasteiger partial charge is 0.249 e. The van der Waals surface area contributed by atoms with Crippen LogP contribution in [0, 0.1) is 18.3 Å². The lowest BCUT2D eigenvalue weighted by Gasteiger charge is -2.28. The summed E-state index contributed by atoms with van der Waals surface area (Å²) in [7, 11) is -1.33. The van der Waals surface area contributed by atoms with Crippen LogP contribution in [-0.2, 0) is 22.6 Å². The molecule has 0 fully saturated rings. The lowest BCUT2D eigenvalue weighted by molar-refractivity contribution is 0.515. The van der Waals surface area contributed by atoms with Gasteiger partial charge in [0.1, 0.15) is 0 Å². The first kappa shape index (κ1) is 19.1. The molecule has 0 aliphatic carbocycles. The van der Waals surface area contributed by atoms with E-state index in [1.54, 1.807) is 0 Å². The lowest BCUT2D eigenvalue weighted by Crippen LogP contribution is -2.28. The molecule has 3 aromatic carbocycles. The van der Waals surface area contributed by atoms with E-state index in [1.165, 1.54) is 0 Å². The number of rotatable bonds is 6. The molecule has 1 unspecified atom stereocenters. The van der Waals surface area contributed by atoms with Gasteiger partial charge in [-0.25, -0.2) is 4.21 Å². The molecule has 0 saturated carbocycles. The second-order valence-corrected chi connectivity index (χ2v) is 8.24. The Bertz CT molecular complexity index is 973. The molecule has 3 rings (SSSR count).